The average molecular weight is 286 g/mol. The highest BCUT2D eigenvalue weighted by molar-refractivity contribution is 6.10. The van der Waals surface area contributed by atoms with E-state index < -0.39 is 4.92 Å². The van der Waals surface area contributed by atoms with Crippen LogP contribution in [0.4, 0.5) is 5.69 Å². The van der Waals surface area contributed by atoms with Gasteiger partial charge in [0.1, 0.15) is 0 Å². The Labute approximate surface area is 122 Å². The Kier molecular flexibility index (Phi) is 3.27. The fraction of sp³-hybridized carbons (Fsp3) is 0.438. The van der Waals surface area contributed by atoms with Gasteiger partial charge in [-0.15, -0.1) is 0 Å². The maximum absolute atomic E-state index is 12.9. The Bertz CT molecular complexity index is 711. The van der Waals surface area contributed by atoms with Crippen LogP contribution >= 0.6 is 0 Å². The number of rotatable bonds is 4. The fourth-order valence-corrected chi connectivity index (χ4v) is 3.49. The molecule has 1 aliphatic carbocycles. The summed E-state index contributed by atoms with van der Waals surface area (Å²) in [6.07, 6.45) is 6.66. The molecule has 0 radical (unpaired) electrons. The van der Waals surface area contributed by atoms with Gasteiger partial charge in [0.15, 0.2) is 5.78 Å². The van der Waals surface area contributed by atoms with Crippen molar-refractivity contribution in [1.29, 1.82) is 0 Å². The number of nitrogens with one attached hydrogen (secondary N) is 1. The molecule has 1 aromatic carbocycles. The average Bonchev–Trinajstić information content (AvgIpc) is 3.13. The molecule has 5 heteroatoms. The van der Waals surface area contributed by atoms with E-state index in [0.29, 0.717) is 11.1 Å². The molecule has 0 amide bonds. The van der Waals surface area contributed by atoms with Crippen molar-refractivity contribution in [3.63, 3.8) is 0 Å². The SMILES string of the molecule is CCC1(C(=O)c2c[nH]c3cc([N+](=O)[O-])ccc23)CCCC1. The van der Waals surface area contributed by atoms with Gasteiger partial charge in [0.25, 0.3) is 5.69 Å². The normalized spacial score (nSPS) is 17.2. The lowest BCUT2D eigenvalue weighted by Crippen LogP contribution is -2.27. The second-order valence-corrected chi connectivity index (χ2v) is 5.86. The summed E-state index contributed by atoms with van der Waals surface area (Å²) in [6.45, 7) is 2.07. The number of carbonyl (C=O) groups excluding carboxylic acids is 1. The van der Waals surface area contributed by atoms with Crippen LogP contribution in [0, 0.1) is 15.5 Å². The molecule has 0 aliphatic heterocycles. The van der Waals surface area contributed by atoms with Crippen LogP contribution in [0.5, 0.6) is 0 Å². The zero-order valence-corrected chi connectivity index (χ0v) is 12.0. The van der Waals surface area contributed by atoms with Crippen LogP contribution in [0.15, 0.2) is 24.4 Å². The molecule has 21 heavy (non-hydrogen) atoms. The third-order valence-electron chi connectivity index (χ3n) is 4.84. The van der Waals surface area contributed by atoms with Crippen LogP contribution < -0.4 is 0 Å². The lowest BCUT2D eigenvalue weighted by atomic mass is 9.76. The van der Waals surface area contributed by atoms with Crippen molar-refractivity contribution in [2.45, 2.75) is 39.0 Å². The van der Waals surface area contributed by atoms with Gasteiger partial charge >= 0.3 is 0 Å². The summed E-state index contributed by atoms with van der Waals surface area (Å²) < 4.78 is 0. The Hall–Kier alpha value is -2.17. The van der Waals surface area contributed by atoms with Crippen molar-refractivity contribution in [3.05, 3.63) is 40.1 Å². The number of benzene rings is 1. The summed E-state index contributed by atoms with van der Waals surface area (Å²) in [5.41, 5.74) is 1.12. The van der Waals surface area contributed by atoms with Crippen molar-refractivity contribution in [3.8, 4) is 0 Å². The van der Waals surface area contributed by atoms with Gasteiger partial charge in [-0.1, -0.05) is 19.8 Å². The molecule has 2 aromatic rings. The molecule has 5 nitrogen and oxygen atoms in total. The Morgan fingerprint density at radius 3 is 2.71 bits per heavy atom. The van der Waals surface area contributed by atoms with Gasteiger partial charge in [-0.25, -0.2) is 0 Å². The summed E-state index contributed by atoms with van der Waals surface area (Å²) >= 11 is 0. The number of fused-ring (bicyclic) bond motifs is 1. The summed E-state index contributed by atoms with van der Waals surface area (Å²) in [4.78, 5) is 26.3. The fourth-order valence-electron chi connectivity index (χ4n) is 3.49. The van der Waals surface area contributed by atoms with Crippen molar-refractivity contribution >= 4 is 22.4 Å². The van der Waals surface area contributed by atoms with E-state index in [1.807, 2.05) is 0 Å². The minimum absolute atomic E-state index is 0.0365. The van der Waals surface area contributed by atoms with Gasteiger partial charge in [0.05, 0.1) is 10.4 Å². The first kappa shape index (κ1) is 13.8. The van der Waals surface area contributed by atoms with Gasteiger partial charge in [0, 0.05) is 34.7 Å². The molecule has 0 saturated heterocycles. The molecule has 0 atom stereocenters. The molecule has 110 valence electrons. The third kappa shape index (κ3) is 2.13. The van der Waals surface area contributed by atoms with Crippen molar-refractivity contribution in [2.24, 2.45) is 5.41 Å². The lowest BCUT2D eigenvalue weighted by Gasteiger charge is -2.25. The number of hydrogen-bond donors (Lipinski definition) is 1. The number of nitrogens with zero attached hydrogens (tertiary/aromatic N) is 1. The predicted molar refractivity (Wildman–Crippen MR) is 80.5 cm³/mol. The quantitative estimate of drug-likeness (QED) is 0.519. The topological polar surface area (TPSA) is 76.0 Å². The van der Waals surface area contributed by atoms with Crippen LogP contribution in [0.2, 0.25) is 0 Å². The number of H-pyrrole nitrogens is 1. The maximum Gasteiger partial charge on any atom is 0.271 e. The first-order valence-corrected chi connectivity index (χ1v) is 7.38. The van der Waals surface area contributed by atoms with E-state index in [2.05, 4.69) is 11.9 Å². The third-order valence-corrected chi connectivity index (χ3v) is 4.84. The van der Waals surface area contributed by atoms with Crippen molar-refractivity contribution < 1.29 is 9.72 Å². The zero-order valence-electron chi connectivity index (χ0n) is 12.0. The molecule has 1 aromatic heterocycles. The summed E-state index contributed by atoms with van der Waals surface area (Å²) in [7, 11) is 0. The van der Waals surface area contributed by atoms with Crippen molar-refractivity contribution in [1.82, 2.24) is 4.98 Å². The van der Waals surface area contributed by atoms with Crippen LogP contribution in [-0.2, 0) is 0 Å². The van der Waals surface area contributed by atoms with Gasteiger partial charge in [0.2, 0.25) is 0 Å². The minimum atomic E-state index is -0.424. The van der Waals surface area contributed by atoms with E-state index in [1.54, 1.807) is 12.3 Å². The van der Waals surface area contributed by atoms with E-state index in [4.69, 9.17) is 0 Å². The number of non-ortho nitro benzene ring substituents is 1. The molecule has 1 saturated carbocycles. The predicted octanol–water partition coefficient (Wildman–Crippen LogP) is 4.23. The summed E-state index contributed by atoms with van der Waals surface area (Å²) in [5.74, 6) is 0.183. The molecule has 1 aliphatic rings. The number of Topliss-reactive ketones (excluding diaryl/α,β-unsaturated/α-hetero) is 1. The highest BCUT2D eigenvalue weighted by atomic mass is 16.6. The number of nitro groups is 1. The smallest absolute Gasteiger partial charge is 0.271 e. The molecule has 0 unspecified atom stereocenters. The monoisotopic (exact) mass is 286 g/mol. The molecule has 1 heterocycles. The Balaban J connectivity index is 2.05. The summed E-state index contributed by atoms with van der Waals surface area (Å²) in [6, 6.07) is 4.62. The van der Waals surface area contributed by atoms with Gasteiger partial charge in [-0.2, -0.15) is 0 Å². The van der Waals surface area contributed by atoms with E-state index in [0.717, 1.165) is 37.5 Å². The second-order valence-electron chi connectivity index (χ2n) is 5.86. The van der Waals surface area contributed by atoms with E-state index >= 15 is 0 Å². The second kappa shape index (κ2) is 4.98. The maximum atomic E-state index is 12.9. The molecule has 1 fully saturated rings. The van der Waals surface area contributed by atoms with Gasteiger partial charge in [-0.05, 0) is 25.3 Å². The standard InChI is InChI=1S/C16H18N2O3/c1-2-16(7-3-4-8-16)15(19)13-10-17-14-9-11(18(20)21)5-6-12(13)14/h5-6,9-10,17H,2-4,7-8H2,1H3. The first-order valence-electron chi connectivity index (χ1n) is 7.38. The number of ketones is 1. The molecular weight excluding hydrogens is 268 g/mol. The highest BCUT2D eigenvalue weighted by Crippen LogP contribution is 2.44. The molecular formula is C16H18N2O3. The number of nitro benzene ring substituents is 1. The number of hydrogen-bond acceptors (Lipinski definition) is 3. The Morgan fingerprint density at radius 2 is 2.10 bits per heavy atom. The van der Waals surface area contributed by atoms with E-state index in [-0.39, 0.29) is 16.9 Å². The van der Waals surface area contributed by atoms with E-state index in [9.17, 15) is 14.9 Å². The van der Waals surface area contributed by atoms with Crippen LogP contribution in [0.3, 0.4) is 0 Å². The largest absolute Gasteiger partial charge is 0.360 e. The minimum Gasteiger partial charge on any atom is -0.360 e. The van der Waals surface area contributed by atoms with E-state index in [1.165, 1.54) is 12.1 Å². The highest BCUT2D eigenvalue weighted by Gasteiger charge is 2.40. The van der Waals surface area contributed by atoms with Crippen LogP contribution in [0.25, 0.3) is 10.9 Å². The molecule has 3 rings (SSSR count). The Morgan fingerprint density at radius 1 is 1.38 bits per heavy atom. The van der Waals surface area contributed by atoms with Gasteiger partial charge < -0.3 is 4.98 Å². The van der Waals surface area contributed by atoms with Crippen LogP contribution in [0.1, 0.15) is 49.4 Å². The lowest BCUT2D eigenvalue weighted by molar-refractivity contribution is -0.384. The van der Waals surface area contributed by atoms with Crippen LogP contribution in [-0.4, -0.2) is 15.7 Å². The zero-order chi connectivity index (χ0) is 15.0. The number of aromatic nitrogens is 1. The number of carbonyl (C=O) groups is 1. The summed E-state index contributed by atoms with van der Waals surface area (Å²) in [5, 5.41) is 11.6. The van der Waals surface area contributed by atoms with Crippen molar-refractivity contribution in [2.75, 3.05) is 0 Å². The first-order chi connectivity index (χ1) is 10.1. The number of aromatic amines is 1. The molecule has 1 N–H and O–H groups in total. The van der Waals surface area contributed by atoms with Gasteiger partial charge in [-0.3, -0.25) is 14.9 Å². The molecule has 0 bridgehead atoms. The molecule has 0 spiro atoms.